The van der Waals surface area contributed by atoms with Crippen LogP contribution in [0.25, 0.3) is 0 Å². The van der Waals surface area contributed by atoms with Gasteiger partial charge in [0.2, 0.25) is 0 Å². The van der Waals surface area contributed by atoms with Gasteiger partial charge in [0.05, 0.1) is 0 Å². The fourth-order valence-corrected chi connectivity index (χ4v) is 4.66. The van der Waals surface area contributed by atoms with Gasteiger partial charge in [-0.2, -0.15) is 0 Å². The normalized spacial score (nSPS) is 16.1. The lowest BCUT2D eigenvalue weighted by Gasteiger charge is -2.54. The summed E-state index contributed by atoms with van der Waals surface area (Å²) in [6.07, 6.45) is 5.92. The molecule has 1 nitrogen and oxygen atoms in total. The topological polar surface area (TPSA) is 26.0 Å². The first kappa shape index (κ1) is 21.5. The zero-order valence-corrected chi connectivity index (χ0v) is 17.0. The van der Waals surface area contributed by atoms with Gasteiger partial charge in [-0.15, -0.1) is 0 Å². The second-order valence-corrected chi connectivity index (χ2v) is 8.50. The molecule has 1 unspecified atom stereocenters. The Morgan fingerprint density at radius 1 is 0.955 bits per heavy atom. The third-order valence-corrected chi connectivity index (χ3v) is 7.49. The Morgan fingerprint density at radius 3 is 1.59 bits per heavy atom. The van der Waals surface area contributed by atoms with E-state index in [9.17, 15) is 0 Å². The molecule has 0 aromatic rings. The molecule has 0 aliphatic carbocycles. The fourth-order valence-electron chi connectivity index (χ4n) is 4.66. The minimum Gasteiger partial charge on any atom is -0.402 e. The number of nitrogens with two attached hydrogens (primary N) is 1. The first-order valence-corrected chi connectivity index (χ1v) is 9.43. The zero-order chi connectivity index (χ0) is 17.8. The van der Waals surface area contributed by atoms with E-state index in [-0.39, 0.29) is 5.41 Å². The monoisotopic (exact) mass is 309 g/mol. The zero-order valence-electron chi connectivity index (χ0n) is 17.0. The molecule has 0 saturated carbocycles. The molecule has 0 saturated heterocycles. The molecular formula is C21H43N. The molecule has 132 valence electrons. The first-order valence-electron chi connectivity index (χ1n) is 9.43. The summed E-state index contributed by atoms with van der Waals surface area (Å²) in [6.45, 7) is 25.5. The molecule has 0 radical (unpaired) electrons. The van der Waals surface area contributed by atoms with Crippen molar-refractivity contribution in [3.63, 3.8) is 0 Å². The van der Waals surface area contributed by atoms with Crippen molar-refractivity contribution in [2.24, 2.45) is 33.8 Å². The molecule has 0 spiro atoms. The molecule has 0 aromatic heterocycles. The maximum absolute atomic E-state index is 6.36. The summed E-state index contributed by atoms with van der Waals surface area (Å²) in [4.78, 5) is 0. The van der Waals surface area contributed by atoms with Gasteiger partial charge in [0.1, 0.15) is 0 Å². The summed E-state index contributed by atoms with van der Waals surface area (Å²) in [6, 6.07) is 0. The summed E-state index contributed by atoms with van der Waals surface area (Å²) in [5.74, 6) is 1.27. The van der Waals surface area contributed by atoms with Gasteiger partial charge in [-0.25, -0.2) is 0 Å². The van der Waals surface area contributed by atoms with Crippen molar-refractivity contribution in [1.29, 1.82) is 0 Å². The number of hydrogen-bond donors (Lipinski definition) is 1. The Balaban J connectivity index is 5.95. The molecule has 1 heteroatoms. The predicted octanol–water partition coefficient (Wildman–Crippen LogP) is 6.78. The largest absolute Gasteiger partial charge is 0.402 e. The molecule has 0 aliphatic rings. The maximum atomic E-state index is 6.36. The van der Waals surface area contributed by atoms with E-state index in [2.05, 4.69) is 68.9 Å². The summed E-state index contributed by atoms with van der Waals surface area (Å²) in [5, 5.41) is 0. The Kier molecular flexibility index (Phi) is 7.72. The smallest absolute Gasteiger partial charge is 0.00978 e. The highest BCUT2D eigenvalue weighted by Crippen LogP contribution is 2.58. The van der Waals surface area contributed by atoms with Crippen LogP contribution in [0.2, 0.25) is 0 Å². The Hall–Kier alpha value is -0.460. The standard InChI is InChI=1S/C21H43N/c1-11-18(12-2)20(10,17(7)22)15-21(13-3,14-4)19(8,9)16(5)6/h16,18H,7,11-15,22H2,1-6,8-10H3. The van der Waals surface area contributed by atoms with E-state index in [1.807, 2.05) is 0 Å². The van der Waals surface area contributed by atoms with Crippen molar-refractivity contribution in [2.45, 2.75) is 94.4 Å². The van der Waals surface area contributed by atoms with Crippen LogP contribution in [0.3, 0.4) is 0 Å². The lowest BCUT2D eigenvalue weighted by Crippen LogP contribution is -2.47. The van der Waals surface area contributed by atoms with E-state index in [1.54, 1.807) is 0 Å². The van der Waals surface area contributed by atoms with Gasteiger partial charge < -0.3 is 5.73 Å². The second kappa shape index (κ2) is 7.88. The van der Waals surface area contributed by atoms with Gasteiger partial charge in [0, 0.05) is 11.1 Å². The molecule has 1 atom stereocenters. The molecule has 0 fully saturated rings. The molecule has 0 amide bonds. The molecule has 0 bridgehead atoms. The first-order chi connectivity index (χ1) is 9.98. The van der Waals surface area contributed by atoms with Crippen LogP contribution in [0.4, 0.5) is 0 Å². The highest BCUT2D eigenvalue weighted by atomic mass is 14.7. The molecule has 0 aromatic carbocycles. The van der Waals surface area contributed by atoms with Crippen molar-refractivity contribution in [3.05, 3.63) is 12.3 Å². The van der Waals surface area contributed by atoms with E-state index in [4.69, 9.17) is 5.73 Å². The maximum Gasteiger partial charge on any atom is 0.00978 e. The summed E-state index contributed by atoms with van der Waals surface area (Å²) < 4.78 is 0. The van der Waals surface area contributed by atoms with Gasteiger partial charge in [0.25, 0.3) is 0 Å². The molecule has 2 N–H and O–H groups in total. The van der Waals surface area contributed by atoms with Crippen molar-refractivity contribution >= 4 is 0 Å². The van der Waals surface area contributed by atoms with Crippen LogP contribution in [0.5, 0.6) is 0 Å². The second-order valence-electron chi connectivity index (χ2n) is 8.50. The van der Waals surface area contributed by atoms with Gasteiger partial charge in [-0.3, -0.25) is 0 Å². The lowest BCUT2D eigenvalue weighted by molar-refractivity contribution is -0.0348. The number of hydrogen-bond acceptors (Lipinski definition) is 1. The Morgan fingerprint density at radius 2 is 1.36 bits per heavy atom. The van der Waals surface area contributed by atoms with E-state index < -0.39 is 0 Å². The Labute approximate surface area is 141 Å². The van der Waals surface area contributed by atoms with Crippen LogP contribution in [0, 0.1) is 28.1 Å². The summed E-state index contributed by atoms with van der Waals surface area (Å²) in [5.41, 5.74) is 7.87. The quantitative estimate of drug-likeness (QED) is 0.473. The number of rotatable bonds is 10. The van der Waals surface area contributed by atoms with Gasteiger partial charge >= 0.3 is 0 Å². The van der Waals surface area contributed by atoms with Crippen molar-refractivity contribution in [3.8, 4) is 0 Å². The highest BCUT2D eigenvalue weighted by molar-refractivity contribution is 5.11. The fraction of sp³-hybridized carbons (Fsp3) is 0.905. The van der Waals surface area contributed by atoms with E-state index in [1.165, 1.54) is 25.7 Å². The lowest BCUT2D eigenvalue weighted by atomic mass is 9.51. The minimum atomic E-state index is 0.0294. The molecular weight excluding hydrogens is 266 g/mol. The molecule has 0 heterocycles. The highest BCUT2D eigenvalue weighted by Gasteiger charge is 2.49. The van der Waals surface area contributed by atoms with Crippen molar-refractivity contribution in [2.75, 3.05) is 0 Å². The SMILES string of the molecule is C=C(N)C(C)(CC(CC)(CC)C(C)(C)C(C)C)C(CC)CC. The van der Waals surface area contributed by atoms with E-state index in [0.29, 0.717) is 22.7 Å². The average Bonchev–Trinajstić information content (AvgIpc) is 2.45. The molecule has 22 heavy (non-hydrogen) atoms. The van der Waals surface area contributed by atoms with Crippen molar-refractivity contribution < 1.29 is 0 Å². The molecule has 0 aliphatic heterocycles. The third-order valence-electron chi connectivity index (χ3n) is 7.49. The Bertz CT molecular complexity index is 345. The van der Waals surface area contributed by atoms with Crippen molar-refractivity contribution in [1.82, 2.24) is 0 Å². The number of allylic oxidation sites excluding steroid dienone is 1. The van der Waals surface area contributed by atoms with Gasteiger partial charge in [0.15, 0.2) is 0 Å². The third kappa shape index (κ3) is 3.71. The minimum absolute atomic E-state index is 0.0294. The van der Waals surface area contributed by atoms with E-state index >= 15 is 0 Å². The van der Waals surface area contributed by atoms with Crippen LogP contribution in [-0.2, 0) is 0 Å². The van der Waals surface area contributed by atoms with Crippen LogP contribution >= 0.6 is 0 Å². The molecule has 0 rings (SSSR count). The van der Waals surface area contributed by atoms with Crippen LogP contribution in [-0.4, -0.2) is 0 Å². The predicted molar refractivity (Wildman–Crippen MR) is 102 cm³/mol. The van der Waals surface area contributed by atoms with Gasteiger partial charge in [-0.1, -0.05) is 81.7 Å². The van der Waals surface area contributed by atoms with Gasteiger partial charge in [-0.05, 0) is 41.9 Å². The van der Waals surface area contributed by atoms with Crippen LogP contribution < -0.4 is 5.73 Å². The van der Waals surface area contributed by atoms with Crippen LogP contribution in [0.15, 0.2) is 12.3 Å². The van der Waals surface area contributed by atoms with E-state index in [0.717, 1.165) is 12.1 Å². The summed E-state index contributed by atoms with van der Waals surface area (Å²) >= 11 is 0. The average molecular weight is 310 g/mol. The summed E-state index contributed by atoms with van der Waals surface area (Å²) in [7, 11) is 0. The van der Waals surface area contributed by atoms with Crippen LogP contribution in [0.1, 0.15) is 94.4 Å².